The van der Waals surface area contributed by atoms with Gasteiger partial charge in [-0.3, -0.25) is 0 Å². The van der Waals surface area contributed by atoms with Crippen molar-refractivity contribution in [3.63, 3.8) is 0 Å². The normalized spacial score (nSPS) is 10.8. The summed E-state index contributed by atoms with van der Waals surface area (Å²) in [5.74, 6) is 0. The number of ether oxygens (including phenoxy) is 1. The molecule has 0 saturated heterocycles. The molecule has 0 aliphatic carbocycles. The Morgan fingerprint density at radius 1 is 1.64 bits per heavy atom. The molecule has 0 fully saturated rings. The van der Waals surface area contributed by atoms with Gasteiger partial charge in [0, 0.05) is 13.2 Å². The molecule has 0 spiro atoms. The maximum Gasteiger partial charge on any atom is 0.407 e. The molecule has 4 heteroatoms. The van der Waals surface area contributed by atoms with E-state index in [2.05, 4.69) is 11.9 Å². The topological polar surface area (TPSA) is 58.6 Å². The maximum atomic E-state index is 11.0. The molecule has 0 aromatic rings. The highest BCUT2D eigenvalue weighted by atomic mass is 16.5. The lowest BCUT2D eigenvalue weighted by Crippen LogP contribution is -2.34. The second-order valence-corrected chi connectivity index (χ2v) is 3.88. The van der Waals surface area contributed by atoms with Crippen LogP contribution in [0.5, 0.6) is 0 Å². The summed E-state index contributed by atoms with van der Waals surface area (Å²) in [5, 5.41) is 11.4. The van der Waals surface area contributed by atoms with Gasteiger partial charge in [-0.15, -0.1) is 0 Å². The van der Waals surface area contributed by atoms with Gasteiger partial charge >= 0.3 is 6.09 Å². The van der Waals surface area contributed by atoms with Crippen molar-refractivity contribution in [2.45, 2.75) is 20.3 Å². The first-order valence-corrected chi connectivity index (χ1v) is 4.64. The van der Waals surface area contributed by atoms with E-state index >= 15 is 0 Å². The Morgan fingerprint density at radius 2 is 2.29 bits per heavy atom. The largest absolute Gasteiger partial charge is 0.445 e. The average Bonchev–Trinajstić information content (AvgIpc) is 2.11. The van der Waals surface area contributed by atoms with E-state index in [0.29, 0.717) is 13.0 Å². The van der Waals surface area contributed by atoms with E-state index < -0.39 is 6.09 Å². The summed E-state index contributed by atoms with van der Waals surface area (Å²) in [6.45, 7) is 8.20. The average molecular weight is 201 g/mol. The lowest BCUT2D eigenvalue weighted by atomic mass is 9.90. The van der Waals surface area contributed by atoms with Crippen LogP contribution in [0.3, 0.4) is 0 Å². The van der Waals surface area contributed by atoms with Gasteiger partial charge in [-0.1, -0.05) is 26.5 Å². The number of carbonyl (C=O) groups excluding carboxylic acids is 1. The van der Waals surface area contributed by atoms with E-state index in [0.717, 1.165) is 0 Å². The van der Waals surface area contributed by atoms with Gasteiger partial charge < -0.3 is 15.2 Å². The van der Waals surface area contributed by atoms with Crippen molar-refractivity contribution in [3.05, 3.63) is 12.7 Å². The zero-order valence-electron chi connectivity index (χ0n) is 8.88. The van der Waals surface area contributed by atoms with Crippen molar-refractivity contribution < 1.29 is 14.6 Å². The standard InChI is InChI=1S/C10H19NO3/c1-4-7-14-9(13)11-8-10(2,3)5-6-12/h4,12H,1,5-8H2,2-3H3,(H,11,13). The molecule has 82 valence electrons. The van der Waals surface area contributed by atoms with Crippen LogP contribution >= 0.6 is 0 Å². The molecule has 0 radical (unpaired) electrons. The number of alkyl carbamates (subject to hydrolysis) is 1. The summed E-state index contributed by atoms with van der Waals surface area (Å²) < 4.78 is 4.73. The van der Waals surface area contributed by atoms with E-state index in [9.17, 15) is 4.79 Å². The fourth-order valence-electron chi connectivity index (χ4n) is 0.888. The number of hydrogen-bond acceptors (Lipinski definition) is 3. The second kappa shape index (κ2) is 6.43. The molecule has 0 aromatic heterocycles. The third-order valence-electron chi connectivity index (χ3n) is 1.83. The first kappa shape index (κ1) is 13.0. The van der Waals surface area contributed by atoms with Crippen LogP contribution < -0.4 is 5.32 Å². The van der Waals surface area contributed by atoms with Crippen LogP contribution in [0.15, 0.2) is 12.7 Å². The Balaban J connectivity index is 3.69. The van der Waals surface area contributed by atoms with Crippen LogP contribution in [0, 0.1) is 5.41 Å². The summed E-state index contributed by atoms with van der Waals surface area (Å²) >= 11 is 0. The monoisotopic (exact) mass is 201 g/mol. The fourth-order valence-corrected chi connectivity index (χ4v) is 0.888. The molecular weight excluding hydrogens is 182 g/mol. The summed E-state index contributed by atoms with van der Waals surface area (Å²) in [6.07, 6.45) is 1.71. The molecule has 0 saturated carbocycles. The quantitative estimate of drug-likeness (QED) is 0.637. The van der Waals surface area contributed by atoms with Crippen LogP contribution in [0.1, 0.15) is 20.3 Å². The van der Waals surface area contributed by atoms with Crippen molar-refractivity contribution in [1.82, 2.24) is 5.32 Å². The van der Waals surface area contributed by atoms with Crippen LogP contribution in [-0.2, 0) is 4.74 Å². The van der Waals surface area contributed by atoms with Gasteiger partial charge in [-0.25, -0.2) is 4.79 Å². The molecule has 1 amide bonds. The first-order chi connectivity index (χ1) is 6.52. The highest BCUT2D eigenvalue weighted by Gasteiger charge is 2.18. The number of nitrogens with one attached hydrogen (secondary N) is 1. The number of amides is 1. The third-order valence-corrected chi connectivity index (χ3v) is 1.83. The molecule has 4 nitrogen and oxygen atoms in total. The van der Waals surface area contributed by atoms with Crippen LogP contribution in [0.4, 0.5) is 4.79 Å². The van der Waals surface area contributed by atoms with Crippen molar-refractivity contribution in [2.75, 3.05) is 19.8 Å². The molecule has 2 N–H and O–H groups in total. The molecule has 0 aromatic carbocycles. The number of rotatable bonds is 6. The third kappa shape index (κ3) is 6.48. The number of aliphatic hydroxyl groups is 1. The summed E-state index contributed by atoms with van der Waals surface area (Å²) in [7, 11) is 0. The van der Waals surface area contributed by atoms with Crippen LogP contribution in [0.25, 0.3) is 0 Å². The Labute approximate surface area is 85.0 Å². The Kier molecular flexibility index (Phi) is 5.95. The van der Waals surface area contributed by atoms with Gasteiger partial charge in [0.2, 0.25) is 0 Å². The number of aliphatic hydroxyl groups excluding tert-OH is 1. The Bertz CT molecular complexity index is 190. The summed E-state index contributed by atoms with van der Waals surface area (Å²) in [5.41, 5.74) is -0.109. The van der Waals surface area contributed by atoms with E-state index in [1.807, 2.05) is 13.8 Å². The van der Waals surface area contributed by atoms with Gasteiger partial charge in [0.1, 0.15) is 6.61 Å². The molecule has 0 heterocycles. The number of hydrogen-bond donors (Lipinski definition) is 2. The summed E-state index contributed by atoms with van der Waals surface area (Å²) in [4.78, 5) is 11.0. The Morgan fingerprint density at radius 3 is 2.79 bits per heavy atom. The van der Waals surface area contributed by atoms with Crippen molar-refractivity contribution >= 4 is 6.09 Å². The zero-order valence-corrected chi connectivity index (χ0v) is 8.88. The van der Waals surface area contributed by atoms with Crippen molar-refractivity contribution in [2.24, 2.45) is 5.41 Å². The predicted molar refractivity (Wildman–Crippen MR) is 55.0 cm³/mol. The molecule has 0 aliphatic rings. The number of carbonyl (C=O) groups is 1. The van der Waals surface area contributed by atoms with E-state index in [1.165, 1.54) is 6.08 Å². The molecule has 14 heavy (non-hydrogen) atoms. The van der Waals surface area contributed by atoms with Crippen molar-refractivity contribution in [3.8, 4) is 0 Å². The van der Waals surface area contributed by atoms with E-state index in [1.54, 1.807) is 0 Å². The van der Waals surface area contributed by atoms with Gasteiger partial charge in [0.15, 0.2) is 0 Å². The van der Waals surface area contributed by atoms with Gasteiger partial charge in [0.05, 0.1) is 0 Å². The first-order valence-electron chi connectivity index (χ1n) is 4.64. The Hall–Kier alpha value is -1.03. The van der Waals surface area contributed by atoms with Crippen LogP contribution in [0.2, 0.25) is 0 Å². The lowest BCUT2D eigenvalue weighted by Gasteiger charge is -2.23. The van der Waals surface area contributed by atoms with Gasteiger partial charge in [0.25, 0.3) is 0 Å². The molecular formula is C10H19NO3. The molecule has 0 atom stereocenters. The minimum atomic E-state index is -0.448. The highest BCUT2D eigenvalue weighted by molar-refractivity contribution is 5.67. The minimum absolute atomic E-state index is 0.109. The fraction of sp³-hybridized carbons (Fsp3) is 0.700. The molecule has 0 bridgehead atoms. The SMILES string of the molecule is C=CCOC(=O)NCC(C)(C)CCO. The predicted octanol–water partition coefficient (Wildman–Crippen LogP) is 1.31. The highest BCUT2D eigenvalue weighted by Crippen LogP contribution is 2.17. The lowest BCUT2D eigenvalue weighted by molar-refractivity contribution is 0.148. The minimum Gasteiger partial charge on any atom is -0.445 e. The molecule has 0 unspecified atom stereocenters. The molecule has 0 rings (SSSR count). The van der Waals surface area contributed by atoms with Gasteiger partial charge in [-0.05, 0) is 11.8 Å². The van der Waals surface area contributed by atoms with E-state index in [4.69, 9.17) is 9.84 Å². The van der Waals surface area contributed by atoms with Crippen LogP contribution in [-0.4, -0.2) is 31.0 Å². The van der Waals surface area contributed by atoms with Crippen molar-refractivity contribution in [1.29, 1.82) is 0 Å². The second-order valence-electron chi connectivity index (χ2n) is 3.88. The van der Waals surface area contributed by atoms with Gasteiger partial charge in [-0.2, -0.15) is 0 Å². The smallest absolute Gasteiger partial charge is 0.407 e. The molecule has 0 aliphatic heterocycles. The zero-order chi connectivity index (χ0) is 11.0. The maximum absolute atomic E-state index is 11.0. The van der Waals surface area contributed by atoms with E-state index in [-0.39, 0.29) is 18.6 Å². The summed E-state index contributed by atoms with van der Waals surface area (Å²) in [6, 6.07) is 0.